The van der Waals surface area contributed by atoms with Crippen LogP contribution in [0.3, 0.4) is 0 Å². The van der Waals surface area contributed by atoms with Crippen LogP contribution in [0.25, 0.3) is 5.65 Å². The molecule has 1 fully saturated rings. The molecule has 0 spiro atoms. The van der Waals surface area contributed by atoms with Crippen LogP contribution in [-0.4, -0.2) is 51.6 Å². The molecule has 3 aromatic rings. The molecule has 0 amide bonds. The maximum Gasteiger partial charge on any atom is 0.191 e. The van der Waals surface area contributed by atoms with Gasteiger partial charge in [0, 0.05) is 38.4 Å². The van der Waals surface area contributed by atoms with E-state index in [9.17, 15) is 0 Å². The van der Waals surface area contributed by atoms with Crippen molar-refractivity contribution in [1.82, 2.24) is 30.1 Å². The fraction of sp³-hybridized carbons (Fsp3) is 0.381. The molecule has 1 saturated heterocycles. The zero-order valence-corrected chi connectivity index (χ0v) is 16.4. The predicted octanol–water partition coefficient (Wildman–Crippen LogP) is 2.23. The number of nitrogens with zero attached hydrogens (tertiary/aromatic N) is 5. The Morgan fingerprint density at radius 3 is 2.82 bits per heavy atom. The molecule has 7 nitrogen and oxygen atoms in total. The van der Waals surface area contributed by atoms with E-state index in [2.05, 4.69) is 68.0 Å². The van der Waals surface area contributed by atoms with E-state index in [4.69, 9.17) is 0 Å². The maximum absolute atomic E-state index is 4.38. The third kappa shape index (κ3) is 3.99. The number of aromatic nitrogens is 3. The van der Waals surface area contributed by atoms with Gasteiger partial charge in [-0.05, 0) is 31.0 Å². The fourth-order valence-electron chi connectivity index (χ4n) is 3.76. The summed E-state index contributed by atoms with van der Waals surface area (Å²) in [5, 5.41) is 15.4. The van der Waals surface area contributed by atoms with Gasteiger partial charge in [0.15, 0.2) is 17.4 Å². The summed E-state index contributed by atoms with van der Waals surface area (Å²) in [6.07, 6.45) is 3.08. The van der Waals surface area contributed by atoms with E-state index in [-0.39, 0.29) is 0 Å². The second-order valence-electron chi connectivity index (χ2n) is 7.18. The minimum atomic E-state index is 0.382. The zero-order valence-electron chi connectivity index (χ0n) is 16.4. The first-order chi connectivity index (χ1) is 13.7. The van der Waals surface area contributed by atoms with Gasteiger partial charge in [-0.15, -0.1) is 10.2 Å². The molecule has 0 radical (unpaired) electrons. The molecule has 28 heavy (non-hydrogen) atoms. The van der Waals surface area contributed by atoms with Gasteiger partial charge in [-0.1, -0.05) is 36.4 Å². The lowest BCUT2D eigenvalue weighted by Gasteiger charge is -2.25. The van der Waals surface area contributed by atoms with Crippen molar-refractivity contribution in [2.75, 3.05) is 20.1 Å². The van der Waals surface area contributed by atoms with Crippen LogP contribution in [0.4, 0.5) is 0 Å². The highest BCUT2D eigenvalue weighted by atomic mass is 15.3. The first-order valence-corrected chi connectivity index (χ1v) is 9.79. The Balaban J connectivity index is 1.32. The Kier molecular flexibility index (Phi) is 5.53. The van der Waals surface area contributed by atoms with E-state index < -0.39 is 0 Å². The van der Waals surface area contributed by atoms with Crippen LogP contribution >= 0.6 is 0 Å². The molecule has 1 aliphatic heterocycles. The molecule has 7 heteroatoms. The van der Waals surface area contributed by atoms with Gasteiger partial charge in [-0.25, -0.2) is 0 Å². The summed E-state index contributed by atoms with van der Waals surface area (Å²) in [7, 11) is 1.80. The minimum Gasteiger partial charge on any atom is -0.352 e. The molecule has 2 atom stereocenters. The van der Waals surface area contributed by atoms with Gasteiger partial charge in [-0.2, -0.15) is 0 Å². The largest absolute Gasteiger partial charge is 0.352 e. The van der Waals surface area contributed by atoms with Gasteiger partial charge in [0.25, 0.3) is 0 Å². The first-order valence-electron chi connectivity index (χ1n) is 9.79. The Morgan fingerprint density at radius 2 is 2.00 bits per heavy atom. The van der Waals surface area contributed by atoms with Crippen LogP contribution in [0.1, 0.15) is 30.8 Å². The number of likely N-dealkylation sites (tertiary alicyclic amines) is 1. The number of hydrogen-bond donors (Lipinski definition) is 2. The minimum absolute atomic E-state index is 0.382. The summed E-state index contributed by atoms with van der Waals surface area (Å²) in [5.74, 6) is 1.66. The van der Waals surface area contributed by atoms with E-state index in [1.807, 2.05) is 28.8 Å². The van der Waals surface area contributed by atoms with Crippen molar-refractivity contribution in [2.45, 2.75) is 32.0 Å². The lowest BCUT2D eigenvalue weighted by Crippen LogP contribution is -2.44. The van der Waals surface area contributed by atoms with Gasteiger partial charge in [-0.3, -0.25) is 14.3 Å². The van der Waals surface area contributed by atoms with E-state index in [1.54, 1.807) is 7.05 Å². The van der Waals surface area contributed by atoms with Crippen molar-refractivity contribution in [3.8, 4) is 0 Å². The summed E-state index contributed by atoms with van der Waals surface area (Å²) < 4.78 is 1.99. The van der Waals surface area contributed by atoms with Crippen LogP contribution in [0.15, 0.2) is 59.7 Å². The third-order valence-corrected chi connectivity index (χ3v) is 5.41. The van der Waals surface area contributed by atoms with Crippen molar-refractivity contribution >= 4 is 11.6 Å². The Hall–Kier alpha value is -2.93. The predicted molar refractivity (Wildman–Crippen MR) is 111 cm³/mol. The topological polar surface area (TPSA) is 69.8 Å². The lowest BCUT2D eigenvalue weighted by molar-refractivity contribution is 0.258. The van der Waals surface area contributed by atoms with Crippen LogP contribution in [-0.2, 0) is 6.54 Å². The SMILES string of the molecule is CN=C(NCc1nnc2ccccn12)NC1CCN(C(C)c2ccccc2)C1. The fourth-order valence-corrected chi connectivity index (χ4v) is 3.76. The molecule has 1 aromatic carbocycles. The van der Waals surface area contributed by atoms with Crippen LogP contribution in [0.5, 0.6) is 0 Å². The van der Waals surface area contributed by atoms with Crippen molar-refractivity contribution in [3.63, 3.8) is 0 Å². The van der Waals surface area contributed by atoms with E-state index in [0.29, 0.717) is 18.6 Å². The summed E-state index contributed by atoms with van der Waals surface area (Å²) >= 11 is 0. The van der Waals surface area contributed by atoms with Gasteiger partial charge in [0.05, 0.1) is 6.54 Å². The van der Waals surface area contributed by atoms with Crippen LogP contribution in [0.2, 0.25) is 0 Å². The molecule has 2 unspecified atom stereocenters. The smallest absolute Gasteiger partial charge is 0.191 e. The third-order valence-electron chi connectivity index (χ3n) is 5.41. The van der Waals surface area contributed by atoms with Crippen molar-refractivity contribution in [3.05, 3.63) is 66.1 Å². The van der Waals surface area contributed by atoms with Gasteiger partial charge < -0.3 is 10.6 Å². The average Bonchev–Trinajstić information content (AvgIpc) is 3.38. The number of hydrogen-bond acceptors (Lipinski definition) is 4. The van der Waals surface area contributed by atoms with E-state index in [1.165, 1.54) is 5.56 Å². The molecular formula is C21H27N7. The maximum atomic E-state index is 4.38. The van der Waals surface area contributed by atoms with E-state index >= 15 is 0 Å². The normalized spacial score (nSPS) is 19.1. The second-order valence-corrected chi connectivity index (χ2v) is 7.18. The molecule has 3 heterocycles. The number of pyridine rings is 1. The molecule has 2 N–H and O–H groups in total. The summed E-state index contributed by atoms with van der Waals surface area (Å²) in [4.78, 5) is 6.90. The number of benzene rings is 1. The molecule has 0 bridgehead atoms. The van der Waals surface area contributed by atoms with E-state index in [0.717, 1.165) is 36.9 Å². The Morgan fingerprint density at radius 1 is 1.18 bits per heavy atom. The van der Waals surface area contributed by atoms with Crippen molar-refractivity contribution < 1.29 is 0 Å². The molecule has 2 aromatic heterocycles. The van der Waals surface area contributed by atoms with Crippen LogP contribution < -0.4 is 10.6 Å². The molecule has 0 aliphatic carbocycles. The standard InChI is InChI=1S/C21H27N7/c1-16(17-8-4-3-5-9-17)27-13-11-18(15-27)24-21(22-2)23-14-20-26-25-19-10-6-7-12-28(19)20/h3-10,12,16,18H,11,13-15H2,1-2H3,(H2,22,23,24). The first kappa shape index (κ1) is 18.4. The average molecular weight is 377 g/mol. The molecule has 146 valence electrons. The number of rotatable bonds is 5. The highest BCUT2D eigenvalue weighted by molar-refractivity contribution is 5.79. The molecule has 1 aliphatic rings. The summed E-state index contributed by atoms with van der Waals surface area (Å²) in [5.41, 5.74) is 2.22. The number of aliphatic imine (C=N–C) groups is 1. The van der Waals surface area contributed by atoms with Gasteiger partial charge in [0.2, 0.25) is 0 Å². The molecule has 4 rings (SSSR count). The number of guanidine groups is 1. The zero-order chi connectivity index (χ0) is 19.3. The highest BCUT2D eigenvalue weighted by Crippen LogP contribution is 2.24. The summed E-state index contributed by atoms with van der Waals surface area (Å²) in [6, 6.07) is 17.4. The van der Waals surface area contributed by atoms with Crippen molar-refractivity contribution in [2.24, 2.45) is 4.99 Å². The summed E-state index contributed by atoms with van der Waals surface area (Å²) in [6.45, 7) is 4.94. The number of fused-ring (bicyclic) bond motifs is 1. The van der Waals surface area contributed by atoms with Crippen LogP contribution in [0, 0.1) is 0 Å². The van der Waals surface area contributed by atoms with Gasteiger partial charge >= 0.3 is 0 Å². The molecular weight excluding hydrogens is 350 g/mol. The Labute approximate surface area is 165 Å². The highest BCUT2D eigenvalue weighted by Gasteiger charge is 2.27. The van der Waals surface area contributed by atoms with Crippen molar-refractivity contribution in [1.29, 1.82) is 0 Å². The lowest BCUT2D eigenvalue weighted by atomic mass is 10.1. The monoisotopic (exact) mass is 377 g/mol. The second kappa shape index (κ2) is 8.39. The molecule has 0 saturated carbocycles. The number of nitrogens with one attached hydrogen (secondary N) is 2. The Bertz CT molecular complexity index is 934. The van der Waals surface area contributed by atoms with Gasteiger partial charge in [0.1, 0.15) is 0 Å². The quantitative estimate of drug-likeness (QED) is 0.527.